The molecule has 1 rings (SSSR count). The van der Waals surface area contributed by atoms with Crippen LogP contribution in [0.15, 0.2) is 24.3 Å². The molecular formula is C14H19ClO. The molecule has 0 saturated carbocycles. The van der Waals surface area contributed by atoms with Gasteiger partial charge in [-0.15, -0.1) is 0 Å². The summed E-state index contributed by atoms with van der Waals surface area (Å²) in [4.78, 5) is 11.7. The SMILES string of the molecule is CC(C)(C)C(=O)CCCc1ccccc1Cl. The summed E-state index contributed by atoms with van der Waals surface area (Å²) in [5.41, 5.74) is 0.909. The molecule has 1 aromatic carbocycles. The molecule has 1 aromatic rings. The molecule has 0 aromatic heterocycles. The smallest absolute Gasteiger partial charge is 0.138 e. The van der Waals surface area contributed by atoms with Crippen LogP contribution < -0.4 is 0 Å². The highest BCUT2D eigenvalue weighted by Crippen LogP contribution is 2.21. The lowest BCUT2D eigenvalue weighted by Crippen LogP contribution is -2.19. The third kappa shape index (κ3) is 3.97. The highest BCUT2D eigenvalue weighted by Gasteiger charge is 2.20. The van der Waals surface area contributed by atoms with E-state index in [1.54, 1.807) is 0 Å². The van der Waals surface area contributed by atoms with E-state index >= 15 is 0 Å². The van der Waals surface area contributed by atoms with Crippen LogP contribution in [0.2, 0.25) is 5.02 Å². The first-order valence-corrected chi connectivity index (χ1v) is 6.06. The molecule has 0 spiro atoms. The molecule has 0 radical (unpaired) electrons. The summed E-state index contributed by atoms with van der Waals surface area (Å²) in [7, 11) is 0. The molecule has 0 aliphatic rings. The van der Waals surface area contributed by atoms with Crippen molar-refractivity contribution >= 4 is 17.4 Å². The van der Waals surface area contributed by atoms with Gasteiger partial charge in [0.2, 0.25) is 0 Å². The number of aryl methyl sites for hydroxylation is 1. The zero-order chi connectivity index (χ0) is 12.2. The average Bonchev–Trinajstić information content (AvgIpc) is 2.19. The number of Topliss-reactive ketones (excluding diaryl/α,β-unsaturated/α-hetero) is 1. The zero-order valence-corrected chi connectivity index (χ0v) is 11.0. The van der Waals surface area contributed by atoms with Crippen LogP contribution in [0.1, 0.15) is 39.2 Å². The number of hydrogen-bond acceptors (Lipinski definition) is 1. The fourth-order valence-corrected chi connectivity index (χ4v) is 1.75. The minimum absolute atomic E-state index is 0.222. The second kappa shape index (κ2) is 5.49. The lowest BCUT2D eigenvalue weighted by Gasteiger charge is -2.16. The summed E-state index contributed by atoms with van der Waals surface area (Å²) in [5.74, 6) is 0.319. The fraction of sp³-hybridized carbons (Fsp3) is 0.500. The van der Waals surface area contributed by atoms with E-state index in [-0.39, 0.29) is 5.41 Å². The molecule has 0 aliphatic heterocycles. The molecule has 0 bridgehead atoms. The van der Waals surface area contributed by atoms with Gasteiger partial charge in [0.25, 0.3) is 0 Å². The van der Waals surface area contributed by atoms with Crippen LogP contribution in [0.5, 0.6) is 0 Å². The van der Waals surface area contributed by atoms with E-state index in [0.717, 1.165) is 23.4 Å². The predicted molar refractivity (Wildman–Crippen MR) is 68.9 cm³/mol. The van der Waals surface area contributed by atoms with E-state index < -0.39 is 0 Å². The van der Waals surface area contributed by atoms with E-state index in [4.69, 9.17) is 11.6 Å². The fourth-order valence-electron chi connectivity index (χ4n) is 1.52. The molecule has 0 unspecified atom stereocenters. The van der Waals surface area contributed by atoms with Gasteiger partial charge in [-0.3, -0.25) is 4.79 Å². The van der Waals surface area contributed by atoms with Gasteiger partial charge < -0.3 is 0 Å². The standard InChI is InChI=1S/C14H19ClO/c1-14(2,3)13(16)10-6-8-11-7-4-5-9-12(11)15/h4-5,7,9H,6,8,10H2,1-3H3. The van der Waals surface area contributed by atoms with Crippen LogP contribution in [0.4, 0.5) is 0 Å². The summed E-state index contributed by atoms with van der Waals surface area (Å²) in [6, 6.07) is 7.81. The molecule has 0 amide bonds. The van der Waals surface area contributed by atoms with Gasteiger partial charge in [0.05, 0.1) is 0 Å². The Balaban J connectivity index is 2.43. The first-order chi connectivity index (χ1) is 7.41. The Hall–Kier alpha value is -0.820. The quantitative estimate of drug-likeness (QED) is 0.765. The van der Waals surface area contributed by atoms with Gasteiger partial charge in [0, 0.05) is 16.9 Å². The van der Waals surface area contributed by atoms with Crippen molar-refractivity contribution in [1.82, 2.24) is 0 Å². The molecule has 16 heavy (non-hydrogen) atoms. The molecule has 0 aliphatic carbocycles. The number of ketones is 1. The van der Waals surface area contributed by atoms with Gasteiger partial charge in [-0.05, 0) is 24.5 Å². The Morgan fingerprint density at radius 1 is 1.25 bits per heavy atom. The summed E-state index contributed by atoms with van der Waals surface area (Å²) in [6.45, 7) is 5.89. The molecule has 0 atom stereocenters. The molecule has 0 N–H and O–H groups in total. The minimum atomic E-state index is -0.222. The van der Waals surface area contributed by atoms with Crippen molar-refractivity contribution in [3.8, 4) is 0 Å². The molecule has 2 heteroatoms. The summed E-state index contributed by atoms with van der Waals surface area (Å²) < 4.78 is 0. The van der Waals surface area contributed by atoms with Gasteiger partial charge in [0.15, 0.2) is 0 Å². The monoisotopic (exact) mass is 238 g/mol. The summed E-state index contributed by atoms with van der Waals surface area (Å²) in [5, 5.41) is 0.797. The van der Waals surface area contributed by atoms with Crippen LogP contribution in [-0.2, 0) is 11.2 Å². The van der Waals surface area contributed by atoms with E-state index in [2.05, 4.69) is 0 Å². The first-order valence-electron chi connectivity index (χ1n) is 5.68. The number of rotatable bonds is 4. The van der Waals surface area contributed by atoms with Gasteiger partial charge in [-0.2, -0.15) is 0 Å². The number of carbonyl (C=O) groups excluding carboxylic acids is 1. The van der Waals surface area contributed by atoms with E-state index in [1.807, 2.05) is 45.0 Å². The molecule has 0 fully saturated rings. The number of benzene rings is 1. The Labute approximate surface area is 103 Å². The molecule has 0 heterocycles. The second-order valence-electron chi connectivity index (χ2n) is 5.12. The van der Waals surface area contributed by atoms with Crippen LogP contribution in [0.25, 0.3) is 0 Å². The van der Waals surface area contributed by atoms with Crippen LogP contribution in [-0.4, -0.2) is 5.78 Å². The zero-order valence-electron chi connectivity index (χ0n) is 10.2. The van der Waals surface area contributed by atoms with Crippen LogP contribution in [0.3, 0.4) is 0 Å². The minimum Gasteiger partial charge on any atom is -0.299 e. The van der Waals surface area contributed by atoms with Crippen molar-refractivity contribution in [3.05, 3.63) is 34.9 Å². The third-order valence-electron chi connectivity index (χ3n) is 2.64. The number of halogens is 1. The van der Waals surface area contributed by atoms with Crippen LogP contribution in [0, 0.1) is 5.41 Å². The Morgan fingerprint density at radius 2 is 1.88 bits per heavy atom. The first kappa shape index (κ1) is 13.2. The second-order valence-corrected chi connectivity index (χ2v) is 5.53. The number of hydrogen-bond donors (Lipinski definition) is 0. The van der Waals surface area contributed by atoms with Gasteiger partial charge in [-0.1, -0.05) is 50.6 Å². The lowest BCUT2D eigenvalue weighted by molar-refractivity contribution is -0.126. The Morgan fingerprint density at radius 3 is 2.44 bits per heavy atom. The molecule has 0 saturated heterocycles. The van der Waals surface area contributed by atoms with Crippen molar-refractivity contribution < 1.29 is 4.79 Å². The molecule has 1 nitrogen and oxygen atoms in total. The maximum atomic E-state index is 11.7. The molecular weight excluding hydrogens is 220 g/mol. The normalized spacial score (nSPS) is 11.5. The third-order valence-corrected chi connectivity index (χ3v) is 3.01. The Bertz CT molecular complexity index is 363. The van der Waals surface area contributed by atoms with Crippen molar-refractivity contribution in [3.63, 3.8) is 0 Å². The summed E-state index contributed by atoms with van der Waals surface area (Å²) in [6.07, 6.45) is 2.38. The summed E-state index contributed by atoms with van der Waals surface area (Å²) >= 11 is 6.04. The van der Waals surface area contributed by atoms with Crippen molar-refractivity contribution in [2.75, 3.05) is 0 Å². The van der Waals surface area contributed by atoms with E-state index in [1.165, 1.54) is 0 Å². The molecule has 88 valence electrons. The highest BCUT2D eigenvalue weighted by molar-refractivity contribution is 6.31. The Kier molecular flexibility index (Phi) is 4.55. The van der Waals surface area contributed by atoms with E-state index in [9.17, 15) is 4.79 Å². The topological polar surface area (TPSA) is 17.1 Å². The number of carbonyl (C=O) groups is 1. The van der Waals surface area contributed by atoms with Crippen molar-refractivity contribution in [2.45, 2.75) is 40.0 Å². The van der Waals surface area contributed by atoms with Crippen molar-refractivity contribution in [2.24, 2.45) is 5.41 Å². The van der Waals surface area contributed by atoms with Crippen LogP contribution >= 0.6 is 11.6 Å². The van der Waals surface area contributed by atoms with Gasteiger partial charge in [0.1, 0.15) is 5.78 Å². The maximum absolute atomic E-state index is 11.7. The predicted octanol–water partition coefficient (Wildman–Crippen LogP) is 4.28. The largest absolute Gasteiger partial charge is 0.299 e. The van der Waals surface area contributed by atoms with Gasteiger partial charge >= 0.3 is 0 Å². The van der Waals surface area contributed by atoms with E-state index in [0.29, 0.717) is 12.2 Å². The average molecular weight is 239 g/mol. The lowest BCUT2D eigenvalue weighted by atomic mass is 9.87. The maximum Gasteiger partial charge on any atom is 0.138 e. The van der Waals surface area contributed by atoms with Gasteiger partial charge in [-0.25, -0.2) is 0 Å². The highest BCUT2D eigenvalue weighted by atomic mass is 35.5. The van der Waals surface area contributed by atoms with Crippen molar-refractivity contribution in [1.29, 1.82) is 0 Å².